The maximum absolute atomic E-state index is 12.4. The molecule has 0 bridgehead atoms. The van der Waals surface area contributed by atoms with Crippen LogP contribution in [0.15, 0.2) is 163 Å². The predicted molar refractivity (Wildman–Crippen MR) is 539 cm³/mol. The molecule has 0 saturated carbocycles. The van der Waals surface area contributed by atoms with Crippen molar-refractivity contribution in [1.82, 2.24) is 206 Å². The first-order valence-corrected chi connectivity index (χ1v) is 51.8. The van der Waals surface area contributed by atoms with Crippen molar-refractivity contribution in [3.63, 3.8) is 0 Å². The third-order valence-electron chi connectivity index (χ3n) is 22.5. The lowest BCUT2D eigenvalue weighted by molar-refractivity contribution is 0.0268. The molecule has 7 aliphatic rings. The van der Waals surface area contributed by atoms with E-state index in [1.54, 1.807) is 35.6 Å². The van der Waals surface area contributed by atoms with Gasteiger partial charge in [0.2, 0.25) is 10.4 Å². The van der Waals surface area contributed by atoms with Gasteiger partial charge in [-0.1, -0.05) is 74.6 Å². The van der Waals surface area contributed by atoms with Gasteiger partial charge in [0.15, 0.2) is 0 Å². The average Bonchev–Trinajstić information content (AvgIpc) is 1.70. The average molecular weight is 2120 g/mol. The van der Waals surface area contributed by atoms with E-state index >= 15 is 0 Å². The first-order valence-electron chi connectivity index (χ1n) is 49.1. The molecule has 0 unspecified atom stereocenters. The molecular weight excluding hydrogens is 1970 g/mol. The van der Waals surface area contributed by atoms with Gasteiger partial charge < -0.3 is 72.4 Å². The summed E-state index contributed by atoms with van der Waals surface area (Å²) in [6.45, 7) is 36.2. The lowest BCUT2D eigenvalue weighted by atomic mass is 10.1. The Balaban J connectivity index is 0.000000189. The number of nitrogens with zero attached hydrogens (tertiary/aromatic N) is 26. The van der Waals surface area contributed by atoms with Crippen LogP contribution in [0.2, 0.25) is 0 Å². The molecule has 58 heteroatoms. The standard InChI is InChI=1S/C28H46N10O4S.C27H41FN10.C18H34N10O7S.C17H31FN10O3/c1-27(2,3)37-20-25(30-33-37)17-35(18-26-21-38(34-31-26)28(4,5)6)16-24-19-36(32-29-24)15-23-12-10-22(11-13-23)9-7-8-14-42-43(39,40)41;1-26(2,3)37-19-24(30-33-37)16-35(17-25-20-38(34-31-25)27(4,5)6)15-23-18-36(32-29-23)14-22-11-9-21(10-12-22)8-7-13-28;29-5-3-26-12-16(19-22-26)9-25(10-17-13-27(4-6-30)23-20-17)11-18-14-28(24-21-18)15-34-7-1-2-8-35-36(31,32)33;18-2-1-7-31-14-28-13-17(21-24-28)10-25(8-15-11-26(3-5-29)22-19-15)9-16-12-27(4-6-30)23-20-16/h10-13,19-21,29-30,32-33H,7-9,14-18H2,1-6H3,(H,39,40,41);9-12,18-20,30,33H,7-8,13-17H2,1-6H3;12-14,19,21-22,24,29-30H,1-11,15H2,(H,31,32,33);11-13,19,21-22,24,29-30H,1-10,14H2/p-1. The number of unbranched alkanes of at least 4 members (excludes halogenated alkanes) is 2. The molecule has 54 nitrogen and oxygen atoms in total. The largest absolute Gasteiger partial charge is 0.726 e. The van der Waals surface area contributed by atoms with Crippen molar-refractivity contribution < 1.29 is 73.0 Å². The van der Waals surface area contributed by atoms with Crippen molar-refractivity contribution in [3.05, 3.63) is 214 Å². The van der Waals surface area contributed by atoms with Crippen molar-refractivity contribution >= 4 is 20.8 Å². The smallest absolute Gasteiger partial charge is 0.397 e. The number of aromatic nitrogens is 15. The molecule has 822 valence electrons. The van der Waals surface area contributed by atoms with Gasteiger partial charge in [-0.3, -0.25) is 72.2 Å². The number of β-amino-alcohol motifs (C(OH)–C–C–N with tert-alkyl or cyclic N) is 2. The molecule has 0 saturated heterocycles. The quantitative estimate of drug-likeness (QED) is 0.0138. The Morgan fingerprint density at radius 1 is 0.338 bits per heavy atom. The third kappa shape index (κ3) is 42.1. The van der Waals surface area contributed by atoms with Crippen LogP contribution in [0.1, 0.15) is 172 Å². The molecule has 5 aromatic heterocycles. The first-order chi connectivity index (χ1) is 70.7. The van der Waals surface area contributed by atoms with Crippen LogP contribution in [0.3, 0.4) is 0 Å². The summed E-state index contributed by atoms with van der Waals surface area (Å²) in [4.78, 5) is 8.87. The highest BCUT2D eigenvalue weighted by atomic mass is 32.3. The van der Waals surface area contributed by atoms with Crippen molar-refractivity contribution in [2.24, 2.45) is 0 Å². The summed E-state index contributed by atoms with van der Waals surface area (Å²) in [7, 11) is -9.02. The Morgan fingerprint density at radius 3 is 1.03 bits per heavy atom. The molecule has 0 radical (unpaired) electrons. The topological polar surface area (TPSA) is 587 Å². The van der Waals surface area contributed by atoms with Gasteiger partial charge in [-0.2, -0.15) is 8.42 Å². The van der Waals surface area contributed by atoms with E-state index in [2.05, 4.69) is 316 Å². The molecule has 0 spiro atoms. The van der Waals surface area contributed by atoms with Gasteiger partial charge in [-0.15, -0.1) is 64.2 Å². The highest BCUT2D eigenvalue weighted by molar-refractivity contribution is 7.81. The molecule has 148 heavy (non-hydrogen) atoms. The number of aliphatic hydroxyl groups excluding tert-OH is 4. The fourth-order valence-corrected chi connectivity index (χ4v) is 15.8. The van der Waals surface area contributed by atoms with Crippen LogP contribution in [-0.4, -0.2) is 326 Å². The van der Waals surface area contributed by atoms with Gasteiger partial charge in [0, 0.05) is 152 Å². The van der Waals surface area contributed by atoms with Crippen molar-refractivity contribution in [3.8, 4) is 0 Å². The Kier molecular flexibility index (Phi) is 45.3. The minimum absolute atomic E-state index is 0.00138. The maximum atomic E-state index is 12.4. The second kappa shape index (κ2) is 57.4. The van der Waals surface area contributed by atoms with Crippen LogP contribution in [0.5, 0.6) is 0 Å². The maximum Gasteiger partial charge on any atom is 0.397 e. The number of hydrogen-bond acceptors (Lipinski definition) is 48. The van der Waals surface area contributed by atoms with Gasteiger partial charge in [0.1, 0.15) is 13.5 Å². The molecular formula is C90H151F2N40O14S2-. The van der Waals surface area contributed by atoms with E-state index < -0.39 is 20.8 Å². The second-order valence-corrected chi connectivity index (χ2v) is 42.1. The van der Waals surface area contributed by atoms with Gasteiger partial charge in [-0.05, 0) is 157 Å². The molecule has 7 aromatic rings. The number of hydrazine groups is 14. The van der Waals surface area contributed by atoms with E-state index in [0.29, 0.717) is 170 Å². The second-order valence-electron chi connectivity index (χ2n) is 39.9. The lowest BCUT2D eigenvalue weighted by Gasteiger charge is -2.30. The molecule has 0 atom stereocenters. The summed E-state index contributed by atoms with van der Waals surface area (Å²) in [5, 5.41) is 92.3. The minimum atomic E-state index is -4.65. The summed E-state index contributed by atoms with van der Waals surface area (Å²) < 4.78 is 114. The van der Waals surface area contributed by atoms with E-state index in [1.165, 1.54) is 0 Å². The van der Waals surface area contributed by atoms with Crippen LogP contribution >= 0.6 is 0 Å². The van der Waals surface area contributed by atoms with Gasteiger partial charge >= 0.3 is 10.4 Å². The highest BCUT2D eigenvalue weighted by Crippen LogP contribution is 2.24. The molecule has 2 aromatic carbocycles. The zero-order valence-electron chi connectivity index (χ0n) is 86.5. The lowest BCUT2D eigenvalue weighted by Crippen LogP contribution is -2.47. The van der Waals surface area contributed by atoms with E-state index in [9.17, 15) is 30.2 Å². The number of hydrogen-bond donors (Lipinski definition) is 19. The Labute approximate surface area is 863 Å². The van der Waals surface area contributed by atoms with Gasteiger partial charge in [0.05, 0.1) is 197 Å². The summed E-state index contributed by atoms with van der Waals surface area (Å²) in [5.74, 6) is 0. The van der Waals surface area contributed by atoms with Crippen LogP contribution in [0.4, 0.5) is 8.78 Å². The fourth-order valence-electron chi connectivity index (χ4n) is 15.1. The Hall–Kier alpha value is -11.6. The van der Waals surface area contributed by atoms with Crippen LogP contribution < -0.4 is 76.7 Å². The van der Waals surface area contributed by atoms with Crippen LogP contribution in [0.25, 0.3) is 0 Å². The molecule has 12 heterocycles. The normalized spacial score (nSPS) is 15.5. The van der Waals surface area contributed by atoms with E-state index in [4.69, 9.17) is 34.5 Å². The molecule has 0 amide bonds. The predicted octanol–water partition coefficient (Wildman–Crippen LogP) is 0.209. The number of rotatable bonds is 58. The van der Waals surface area contributed by atoms with Crippen LogP contribution in [-0.2, 0) is 121 Å². The molecule has 7 aliphatic heterocycles. The summed E-state index contributed by atoms with van der Waals surface area (Å²) >= 11 is 0. The Morgan fingerprint density at radius 2 is 0.649 bits per heavy atom. The number of aliphatic hydroxyl groups is 4. The van der Waals surface area contributed by atoms with E-state index in [1.807, 2.05) is 68.6 Å². The third-order valence-corrected chi connectivity index (χ3v) is 23.4. The summed E-state index contributed by atoms with van der Waals surface area (Å²) in [6, 6.07) is 16.6. The van der Waals surface area contributed by atoms with E-state index in [0.717, 1.165) is 110 Å². The van der Waals surface area contributed by atoms with Crippen molar-refractivity contribution in [2.75, 3.05) is 139 Å². The number of ether oxygens (including phenoxy) is 2. The monoisotopic (exact) mass is 2120 g/mol. The fraction of sp³-hybridized carbons (Fsp3) is 0.600. The number of halogens is 2. The van der Waals surface area contributed by atoms with E-state index in [-0.39, 0.29) is 81.9 Å². The van der Waals surface area contributed by atoms with Crippen molar-refractivity contribution in [1.29, 1.82) is 0 Å². The summed E-state index contributed by atoms with van der Waals surface area (Å²) in [6.07, 6.45) is 28.2. The number of benzene rings is 2. The van der Waals surface area contributed by atoms with Crippen LogP contribution in [0, 0.1) is 0 Å². The SMILES string of the molecule is CC(C)(C)N1C=C(CN(CC2=CN(Cc3ccc(CCCCOS(=O)(=O)O)cc3)NN2)Cc2cn(C(C)(C)C)nn2)NN1.CC(C)(C)N1C=C(CN(Cc2cn(Cc3ccc(CCCF)cc3)nn2)Cc2cn(C(C)(C)C)nn2)NN1.O=S(=O)([O-])OCCCCOCN1C=C(CN(CC2=CN(CCO)NN2)Cc2cn(CCO)nn2)NN1.OCCN1C=C(CN(CC2=CN(COCCCF)NN2)Cc2cn(CCO)nn2)NN1. The highest BCUT2D eigenvalue weighted by Gasteiger charge is 2.31. The molecule has 19 N–H and O–H groups in total. The Bertz CT molecular complexity index is 5630. The van der Waals surface area contributed by atoms with Crippen molar-refractivity contribution in [2.45, 2.75) is 216 Å². The first kappa shape index (κ1) is 117. The minimum Gasteiger partial charge on any atom is -0.726 e. The molecule has 14 rings (SSSR count). The zero-order valence-corrected chi connectivity index (χ0v) is 88.2. The molecule has 0 aliphatic carbocycles. The zero-order chi connectivity index (χ0) is 106. The van der Waals surface area contributed by atoms with Gasteiger partial charge in [-0.25, -0.2) is 36.0 Å². The number of aryl methyl sites for hydroxylation is 2. The van der Waals surface area contributed by atoms with Gasteiger partial charge in [0.25, 0.3) is 0 Å². The number of alkyl halides is 2. The number of nitrogens with one attached hydrogen (secondary N) is 14. The summed E-state index contributed by atoms with van der Waals surface area (Å²) in [5.41, 5.74) is 59.2. The molecule has 0 fully saturated rings.